The number of hydrogen-bond donors (Lipinski definition) is 1. The predicted octanol–water partition coefficient (Wildman–Crippen LogP) is 3.69. The van der Waals surface area contributed by atoms with Gasteiger partial charge in [-0.15, -0.1) is 0 Å². The fraction of sp³-hybridized carbons (Fsp3) is 0.318. The maximum Gasteiger partial charge on any atom is 0.251 e. The molecule has 30 heavy (non-hydrogen) atoms. The van der Waals surface area contributed by atoms with Crippen molar-refractivity contribution < 1.29 is 0 Å². The molecule has 0 aliphatic heterocycles. The Morgan fingerprint density at radius 1 is 1.33 bits per heavy atom. The first-order valence-electron chi connectivity index (χ1n) is 10.0. The van der Waals surface area contributed by atoms with Crippen LogP contribution in [0.2, 0.25) is 5.02 Å². The van der Waals surface area contributed by atoms with Gasteiger partial charge in [-0.2, -0.15) is 10.1 Å². The number of aliphatic imine (C=N–C) groups is 2. The van der Waals surface area contributed by atoms with Gasteiger partial charge in [-0.3, -0.25) is 9.67 Å². The zero-order valence-electron chi connectivity index (χ0n) is 17.1. The Hall–Kier alpha value is -3.06. The van der Waals surface area contributed by atoms with Crippen LogP contribution in [0.15, 0.2) is 40.4 Å². The maximum absolute atomic E-state index is 6.19. The summed E-state index contributed by atoms with van der Waals surface area (Å²) in [6.07, 6.45) is 6.54. The third-order valence-electron chi connectivity index (χ3n) is 5.07. The molecule has 2 aromatic heterocycles. The highest BCUT2D eigenvalue weighted by atomic mass is 35.5. The van der Waals surface area contributed by atoms with Gasteiger partial charge in [-0.1, -0.05) is 23.7 Å². The van der Waals surface area contributed by atoms with Gasteiger partial charge >= 0.3 is 0 Å². The van der Waals surface area contributed by atoms with E-state index in [4.69, 9.17) is 27.4 Å². The number of nitrogens with zero attached hydrogens (tertiary/aromatic N) is 6. The molecule has 0 bridgehead atoms. The second-order valence-corrected chi connectivity index (χ2v) is 7.67. The molecule has 154 valence electrons. The Morgan fingerprint density at radius 2 is 2.20 bits per heavy atom. The smallest absolute Gasteiger partial charge is 0.251 e. The topological polar surface area (TPSA) is 94.3 Å². The summed E-state index contributed by atoms with van der Waals surface area (Å²) in [6, 6.07) is 7.91. The Bertz CT molecular complexity index is 1130. The summed E-state index contributed by atoms with van der Waals surface area (Å²) in [5, 5.41) is 5.48. The van der Waals surface area contributed by atoms with E-state index >= 15 is 0 Å². The minimum Gasteiger partial charge on any atom is -0.387 e. The number of aryl methyl sites for hydroxylation is 3. The van der Waals surface area contributed by atoms with Gasteiger partial charge in [0.2, 0.25) is 0 Å². The molecule has 0 unspecified atom stereocenters. The fourth-order valence-corrected chi connectivity index (χ4v) is 3.89. The number of halogens is 1. The van der Waals surface area contributed by atoms with E-state index < -0.39 is 0 Å². The molecule has 0 spiro atoms. The lowest BCUT2D eigenvalue weighted by Crippen LogP contribution is -2.12. The first kappa shape index (κ1) is 20.2. The van der Waals surface area contributed by atoms with E-state index in [0.717, 1.165) is 64.6 Å². The first-order valence-corrected chi connectivity index (χ1v) is 10.4. The first-order chi connectivity index (χ1) is 14.5. The van der Waals surface area contributed by atoms with Crippen molar-refractivity contribution in [1.29, 1.82) is 0 Å². The molecular formula is C22H24ClN7. The van der Waals surface area contributed by atoms with Gasteiger partial charge in [0.25, 0.3) is 5.95 Å². The average molecular weight is 422 g/mol. The summed E-state index contributed by atoms with van der Waals surface area (Å²) in [5.74, 6) is 0.801. The molecule has 7 nitrogen and oxygen atoms in total. The summed E-state index contributed by atoms with van der Waals surface area (Å²) < 4.78 is 1.95. The minimum atomic E-state index is 0.363. The highest BCUT2D eigenvalue weighted by Crippen LogP contribution is 2.36. The molecule has 8 heteroatoms. The minimum absolute atomic E-state index is 0.363. The van der Waals surface area contributed by atoms with Gasteiger partial charge in [0.1, 0.15) is 5.84 Å². The molecule has 0 saturated carbocycles. The van der Waals surface area contributed by atoms with Gasteiger partial charge in [0, 0.05) is 49.4 Å². The molecule has 1 aliphatic rings. The van der Waals surface area contributed by atoms with E-state index in [1.165, 1.54) is 0 Å². The number of amidine groups is 1. The van der Waals surface area contributed by atoms with Crippen molar-refractivity contribution in [3.63, 3.8) is 0 Å². The molecule has 2 N–H and O–H groups in total. The van der Waals surface area contributed by atoms with Crippen LogP contribution in [0.4, 0.5) is 5.95 Å². The van der Waals surface area contributed by atoms with Crippen molar-refractivity contribution >= 4 is 29.6 Å². The summed E-state index contributed by atoms with van der Waals surface area (Å²) in [7, 11) is 1.98. The molecule has 2 heterocycles. The standard InChI is InChI=1S/C22H24ClN7/c1-3-25-10-9-19(24)27-22-26-13-15-7-8-17-20(21(15)28-22)18(30(2)29-17)12-14-5-4-6-16(23)11-14/h4-6,10-11,13H,3,7-9,12H2,1-2H3,(H2,24,26,27,28). The van der Waals surface area contributed by atoms with E-state index in [9.17, 15) is 0 Å². The van der Waals surface area contributed by atoms with Gasteiger partial charge in [0.15, 0.2) is 0 Å². The summed E-state index contributed by atoms with van der Waals surface area (Å²) in [6.45, 7) is 2.70. The molecule has 0 radical (unpaired) electrons. The maximum atomic E-state index is 6.19. The molecule has 0 fully saturated rings. The van der Waals surface area contributed by atoms with E-state index in [0.29, 0.717) is 18.2 Å². The van der Waals surface area contributed by atoms with Crippen LogP contribution in [-0.2, 0) is 26.3 Å². The molecule has 0 saturated heterocycles. The largest absolute Gasteiger partial charge is 0.387 e. The molecule has 0 amide bonds. The third kappa shape index (κ3) is 4.26. The monoisotopic (exact) mass is 421 g/mol. The predicted molar refractivity (Wildman–Crippen MR) is 121 cm³/mol. The van der Waals surface area contributed by atoms with E-state index in [2.05, 4.69) is 21.0 Å². The van der Waals surface area contributed by atoms with Crippen molar-refractivity contribution in [2.24, 2.45) is 22.8 Å². The summed E-state index contributed by atoms with van der Waals surface area (Å²) in [5.41, 5.74) is 12.4. The number of rotatable bonds is 6. The SMILES string of the molecule is CCN=CCC(N)=Nc1ncc2c(n1)-c1c(nn(C)c1Cc1cccc(Cl)c1)CC2. The van der Waals surface area contributed by atoms with Crippen LogP contribution in [0.1, 0.15) is 35.9 Å². The normalized spacial score (nSPS) is 13.5. The van der Waals surface area contributed by atoms with Crippen LogP contribution in [-0.4, -0.2) is 38.3 Å². The summed E-state index contributed by atoms with van der Waals surface area (Å²) in [4.78, 5) is 17.7. The van der Waals surface area contributed by atoms with Crippen molar-refractivity contribution in [3.05, 3.63) is 58.0 Å². The third-order valence-corrected chi connectivity index (χ3v) is 5.31. The lowest BCUT2D eigenvalue weighted by molar-refractivity contribution is 0.705. The highest BCUT2D eigenvalue weighted by Gasteiger charge is 2.26. The molecule has 1 aliphatic carbocycles. The Kier molecular flexibility index (Phi) is 5.90. The second kappa shape index (κ2) is 8.75. The molecule has 3 aromatic rings. The van der Waals surface area contributed by atoms with Crippen LogP contribution in [0, 0.1) is 0 Å². The van der Waals surface area contributed by atoms with Crippen molar-refractivity contribution in [1.82, 2.24) is 19.7 Å². The Labute approximate surface area is 180 Å². The van der Waals surface area contributed by atoms with Gasteiger partial charge < -0.3 is 5.73 Å². The van der Waals surface area contributed by atoms with Crippen LogP contribution in [0.25, 0.3) is 11.3 Å². The number of hydrogen-bond acceptors (Lipinski definition) is 5. The van der Waals surface area contributed by atoms with E-state index in [-0.39, 0.29) is 0 Å². The van der Waals surface area contributed by atoms with Crippen LogP contribution in [0.5, 0.6) is 0 Å². The average Bonchev–Trinajstić information content (AvgIpc) is 3.04. The molecule has 4 rings (SSSR count). The fourth-order valence-electron chi connectivity index (χ4n) is 3.68. The second-order valence-electron chi connectivity index (χ2n) is 7.23. The van der Waals surface area contributed by atoms with Gasteiger partial charge in [0.05, 0.1) is 17.1 Å². The lowest BCUT2D eigenvalue weighted by Gasteiger charge is -2.16. The van der Waals surface area contributed by atoms with Crippen molar-refractivity contribution in [2.45, 2.75) is 32.6 Å². The van der Waals surface area contributed by atoms with Crippen LogP contribution in [0.3, 0.4) is 0 Å². The summed E-state index contributed by atoms with van der Waals surface area (Å²) >= 11 is 6.19. The molecular weight excluding hydrogens is 398 g/mol. The number of benzene rings is 1. The lowest BCUT2D eigenvalue weighted by atomic mass is 9.91. The van der Waals surface area contributed by atoms with Crippen molar-refractivity contribution in [3.8, 4) is 11.3 Å². The number of aromatic nitrogens is 4. The quantitative estimate of drug-likeness (QED) is 0.485. The van der Waals surface area contributed by atoms with E-state index in [1.54, 1.807) is 6.21 Å². The van der Waals surface area contributed by atoms with E-state index in [1.807, 2.05) is 43.0 Å². The zero-order valence-corrected chi connectivity index (χ0v) is 17.9. The zero-order chi connectivity index (χ0) is 21.1. The van der Waals surface area contributed by atoms with Crippen LogP contribution >= 0.6 is 11.6 Å². The molecule has 1 aromatic carbocycles. The van der Waals surface area contributed by atoms with Gasteiger partial charge in [-0.05, 0) is 43.0 Å². The number of nitrogens with two attached hydrogens (primary N) is 1. The Morgan fingerprint density at radius 3 is 3.00 bits per heavy atom. The Balaban J connectivity index is 1.72. The highest BCUT2D eigenvalue weighted by molar-refractivity contribution is 6.30. The van der Waals surface area contributed by atoms with Crippen LogP contribution < -0.4 is 5.73 Å². The molecule has 0 atom stereocenters. The number of fused-ring (bicyclic) bond motifs is 3. The van der Waals surface area contributed by atoms with Crippen molar-refractivity contribution in [2.75, 3.05) is 6.54 Å². The van der Waals surface area contributed by atoms with Gasteiger partial charge in [-0.25, -0.2) is 9.97 Å².